The van der Waals surface area contributed by atoms with Gasteiger partial charge in [-0.1, -0.05) is 0 Å². The van der Waals surface area contributed by atoms with E-state index in [1.165, 1.54) is 6.07 Å². The Kier molecular flexibility index (Phi) is 3.12. The first kappa shape index (κ1) is 14.7. The number of nitrogens with zero attached hydrogens (tertiary/aromatic N) is 2. The Morgan fingerprint density at radius 2 is 2.17 bits per heavy atom. The second-order valence-electron chi connectivity index (χ2n) is 5.70. The van der Waals surface area contributed by atoms with Crippen molar-refractivity contribution in [2.75, 3.05) is 5.32 Å². The van der Waals surface area contributed by atoms with Gasteiger partial charge < -0.3 is 4.98 Å². The quantitative estimate of drug-likeness (QED) is 0.673. The first-order valence-electron chi connectivity index (χ1n) is 7.32. The lowest BCUT2D eigenvalue weighted by molar-refractivity contribution is -0.137. The first-order valence-corrected chi connectivity index (χ1v) is 7.32. The van der Waals surface area contributed by atoms with Crippen molar-refractivity contribution in [2.24, 2.45) is 0 Å². The lowest BCUT2D eigenvalue weighted by Gasteiger charge is -2.08. The van der Waals surface area contributed by atoms with Crippen LogP contribution < -0.4 is 5.32 Å². The molecule has 1 aliphatic carbocycles. The largest absolute Gasteiger partial charge is 0.416 e. The van der Waals surface area contributed by atoms with Gasteiger partial charge in [0.2, 0.25) is 11.9 Å². The number of H-pyrrole nitrogens is 2. The second kappa shape index (κ2) is 5.08. The fraction of sp³-hybridized carbons (Fsp3) is 0.267. The van der Waals surface area contributed by atoms with Crippen molar-refractivity contribution in [3.8, 4) is 0 Å². The minimum absolute atomic E-state index is 0.127. The van der Waals surface area contributed by atoms with Crippen LogP contribution in [-0.2, 0) is 17.4 Å². The fourth-order valence-corrected chi connectivity index (χ4v) is 2.98. The van der Waals surface area contributed by atoms with E-state index in [1.54, 1.807) is 6.20 Å². The van der Waals surface area contributed by atoms with E-state index in [9.17, 15) is 18.0 Å². The van der Waals surface area contributed by atoms with Crippen LogP contribution in [0.4, 0.5) is 19.1 Å². The number of aryl methyl sites for hydroxylation is 1. The molecule has 3 N–H and O–H groups in total. The Labute approximate surface area is 133 Å². The number of aromatic amines is 2. The number of aromatic nitrogens is 4. The van der Waals surface area contributed by atoms with E-state index in [0.717, 1.165) is 29.8 Å². The zero-order chi connectivity index (χ0) is 16.9. The molecular weight excluding hydrogens is 323 g/mol. The predicted molar refractivity (Wildman–Crippen MR) is 79.4 cm³/mol. The number of hydrogen-bond donors (Lipinski definition) is 3. The van der Waals surface area contributed by atoms with Crippen molar-refractivity contribution in [3.05, 3.63) is 41.2 Å². The number of benzene rings is 1. The third-order valence-electron chi connectivity index (χ3n) is 4.17. The molecule has 0 radical (unpaired) electrons. The standard InChI is InChI=1S/C15H12F3N5O/c16-15(17,18)8-2-4-10-11(5-8)21-14(20-10)22-13(24)9-3-1-7-6-19-23-12(7)9/h2,4-6,9H,1,3H2,(H,19,23)(H2,20,21,22,24). The number of rotatable bonds is 2. The molecule has 0 spiro atoms. The van der Waals surface area contributed by atoms with Crippen LogP contribution in [0.1, 0.15) is 29.2 Å². The van der Waals surface area contributed by atoms with E-state index >= 15 is 0 Å². The topological polar surface area (TPSA) is 86.5 Å². The second-order valence-corrected chi connectivity index (χ2v) is 5.70. The van der Waals surface area contributed by atoms with Crippen LogP contribution in [-0.4, -0.2) is 26.1 Å². The molecule has 124 valence electrons. The molecule has 1 amide bonds. The maximum Gasteiger partial charge on any atom is 0.416 e. The third kappa shape index (κ3) is 2.41. The van der Waals surface area contributed by atoms with E-state index < -0.39 is 11.7 Å². The van der Waals surface area contributed by atoms with Gasteiger partial charge in [0.15, 0.2) is 0 Å². The fourth-order valence-electron chi connectivity index (χ4n) is 2.98. The summed E-state index contributed by atoms with van der Waals surface area (Å²) in [5.74, 6) is -0.503. The van der Waals surface area contributed by atoms with Gasteiger partial charge in [-0.15, -0.1) is 0 Å². The highest BCUT2D eigenvalue weighted by molar-refractivity contribution is 5.96. The van der Waals surface area contributed by atoms with Crippen molar-refractivity contribution in [1.82, 2.24) is 20.2 Å². The number of anilines is 1. The van der Waals surface area contributed by atoms with E-state index in [-0.39, 0.29) is 23.3 Å². The van der Waals surface area contributed by atoms with Crippen LogP contribution >= 0.6 is 0 Å². The van der Waals surface area contributed by atoms with Crippen LogP contribution in [0.5, 0.6) is 0 Å². The van der Waals surface area contributed by atoms with Gasteiger partial charge in [-0.05, 0) is 36.6 Å². The van der Waals surface area contributed by atoms with Crippen molar-refractivity contribution < 1.29 is 18.0 Å². The van der Waals surface area contributed by atoms with Gasteiger partial charge in [0.1, 0.15) is 0 Å². The average molecular weight is 335 g/mol. The Bertz CT molecular complexity index is 927. The molecule has 0 saturated heterocycles. The number of amides is 1. The Hall–Kier alpha value is -2.84. The molecule has 2 heterocycles. The summed E-state index contributed by atoms with van der Waals surface area (Å²) in [5.41, 5.74) is 1.59. The van der Waals surface area contributed by atoms with Gasteiger partial charge in [-0.3, -0.25) is 15.2 Å². The molecule has 1 atom stereocenters. The number of halogens is 3. The number of imidazole rings is 1. The summed E-state index contributed by atoms with van der Waals surface area (Å²) in [6, 6.07) is 3.20. The summed E-state index contributed by atoms with van der Waals surface area (Å²) >= 11 is 0. The highest BCUT2D eigenvalue weighted by atomic mass is 19.4. The SMILES string of the molecule is O=C(Nc1nc2ccc(C(F)(F)F)cc2[nH]1)C1CCc2cn[nH]c21. The highest BCUT2D eigenvalue weighted by Gasteiger charge is 2.32. The normalized spacial score (nSPS) is 17.2. The Morgan fingerprint density at radius 1 is 1.33 bits per heavy atom. The molecule has 1 aliphatic rings. The van der Waals surface area contributed by atoms with Crippen LogP contribution in [0.25, 0.3) is 11.0 Å². The number of alkyl halides is 3. The summed E-state index contributed by atoms with van der Waals surface area (Å²) in [7, 11) is 0. The van der Waals surface area contributed by atoms with Crippen molar-refractivity contribution in [2.45, 2.75) is 24.9 Å². The predicted octanol–water partition coefficient (Wildman–Crippen LogP) is 2.97. The van der Waals surface area contributed by atoms with E-state index in [0.29, 0.717) is 11.9 Å². The van der Waals surface area contributed by atoms with Crippen molar-refractivity contribution in [3.63, 3.8) is 0 Å². The van der Waals surface area contributed by atoms with Gasteiger partial charge in [-0.2, -0.15) is 18.3 Å². The minimum Gasteiger partial charge on any atom is -0.324 e. The molecule has 24 heavy (non-hydrogen) atoms. The minimum atomic E-state index is -4.43. The summed E-state index contributed by atoms with van der Waals surface area (Å²) < 4.78 is 38.2. The number of nitrogens with one attached hydrogen (secondary N) is 3. The molecule has 0 saturated carbocycles. The van der Waals surface area contributed by atoms with Gasteiger partial charge in [0.25, 0.3) is 0 Å². The third-order valence-corrected chi connectivity index (χ3v) is 4.17. The average Bonchev–Trinajstić information content (AvgIpc) is 3.19. The van der Waals surface area contributed by atoms with E-state index in [1.807, 2.05) is 0 Å². The molecule has 0 fully saturated rings. The molecule has 1 unspecified atom stereocenters. The van der Waals surface area contributed by atoms with Crippen LogP contribution in [0, 0.1) is 0 Å². The first-order chi connectivity index (χ1) is 11.4. The maximum atomic E-state index is 12.7. The zero-order valence-electron chi connectivity index (χ0n) is 12.2. The number of hydrogen-bond acceptors (Lipinski definition) is 3. The monoisotopic (exact) mass is 335 g/mol. The number of carbonyl (C=O) groups excluding carboxylic acids is 1. The Balaban J connectivity index is 1.58. The van der Waals surface area contributed by atoms with Crippen LogP contribution in [0.3, 0.4) is 0 Å². The van der Waals surface area contributed by atoms with Crippen LogP contribution in [0.15, 0.2) is 24.4 Å². The number of carbonyl (C=O) groups is 1. The molecule has 2 aromatic heterocycles. The molecule has 4 rings (SSSR count). The maximum absolute atomic E-state index is 12.7. The van der Waals surface area contributed by atoms with Gasteiger partial charge in [0.05, 0.1) is 34.4 Å². The molecule has 6 nitrogen and oxygen atoms in total. The van der Waals surface area contributed by atoms with Crippen LogP contribution in [0.2, 0.25) is 0 Å². The lowest BCUT2D eigenvalue weighted by Crippen LogP contribution is -2.20. The molecular formula is C15H12F3N5O. The Morgan fingerprint density at radius 3 is 2.96 bits per heavy atom. The molecule has 0 bridgehead atoms. The molecule has 0 aliphatic heterocycles. The highest BCUT2D eigenvalue weighted by Crippen LogP contribution is 2.33. The number of fused-ring (bicyclic) bond motifs is 2. The van der Waals surface area contributed by atoms with Crippen molar-refractivity contribution >= 4 is 22.9 Å². The summed E-state index contributed by atoms with van der Waals surface area (Å²) in [4.78, 5) is 19.2. The summed E-state index contributed by atoms with van der Waals surface area (Å²) in [5, 5.41) is 9.36. The summed E-state index contributed by atoms with van der Waals surface area (Å²) in [6.45, 7) is 0. The van der Waals surface area contributed by atoms with E-state index in [2.05, 4.69) is 25.5 Å². The molecule has 1 aromatic carbocycles. The smallest absolute Gasteiger partial charge is 0.324 e. The lowest BCUT2D eigenvalue weighted by atomic mass is 10.1. The van der Waals surface area contributed by atoms with Gasteiger partial charge >= 0.3 is 6.18 Å². The van der Waals surface area contributed by atoms with Gasteiger partial charge in [0, 0.05) is 0 Å². The van der Waals surface area contributed by atoms with Gasteiger partial charge in [-0.25, -0.2) is 4.98 Å². The van der Waals surface area contributed by atoms with E-state index in [4.69, 9.17) is 0 Å². The summed E-state index contributed by atoms with van der Waals surface area (Å²) in [6.07, 6.45) is -1.31. The van der Waals surface area contributed by atoms with Crippen molar-refractivity contribution in [1.29, 1.82) is 0 Å². The molecule has 9 heteroatoms. The molecule has 3 aromatic rings. The zero-order valence-corrected chi connectivity index (χ0v) is 12.2.